The quantitative estimate of drug-likeness (QED) is 0.755. The molecule has 1 N–H and O–H groups in total. The van der Waals surface area contributed by atoms with E-state index >= 15 is 0 Å². The molecular weight excluding hydrogens is 352 g/mol. The number of nitrogens with one attached hydrogen (secondary N) is 1. The highest BCUT2D eigenvalue weighted by atomic mass is 79.9. The van der Waals surface area contributed by atoms with Crippen molar-refractivity contribution in [2.75, 3.05) is 5.32 Å². The molecular formula is C14H9BrClF2NO. The molecule has 0 saturated carbocycles. The molecule has 0 radical (unpaired) electrons. The molecule has 0 aromatic heterocycles. The molecule has 6 heteroatoms. The fourth-order valence-corrected chi connectivity index (χ4v) is 2.03. The van der Waals surface area contributed by atoms with Gasteiger partial charge in [-0.2, -0.15) is 0 Å². The summed E-state index contributed by atoms with van der Waals surface area (Å²) in [5, 5.41) is 2.85. The van der Waals surface area contributed by atoms with Crippen LogP contribution in [0.25, 0.3) is 0 Å². The molecule has 0 unspecified atom stereocenters. The van der Waals surface area contributed by atoms with Crippen molar-refractivity contribution in [1.82, 2.24) is 0 Å². The Labute approximate surface area is 127 Å². The zero-order valence-electron chi connectivity index (χ0n) is 10.3. The third-order valence-electron chi connectivity index (χ3n) is 2.68. The van der Waals surface area contributed by atoms with Gasteiger partial charge >= 0.3 is 0 Å². The summed E-state index contributed by atoms with van der Waals surface area (Å²) in [6, 6.07) is 6.53. The molecule has 2 rings (SSSR count). The van der Waals surface area contributed by atoms with Crippen LogP contribution in [0.4, 0.5) is 14.5 Å². The Morgan fingerprint density at radius 2 is 1.90 bits per heavy atom. The van der Waals surface area contributed by atoms with Crippen molar-refractivity contribution in [2.45, 2.75) is 6.92 Å². The lowest BCUT2D eigenvalue weighted by molar-refractivity contribution is 0.102. The summed E-state index contributed by atoms with van der Waals surface area (Å²) < 4.78 is 27.0. The number of aryl methyl sites for hydroxylation is 1. The third kappa shape index (κ3) is 3.16. The molecule has 2 aromatic carbocycles. The Balaban J connectivity index is 2.27. The third-order valence-corrected chi connectivity index (χ3v) is 3.71. The van der Waals surface area contributed by atoms with Crippen LogP contribution in [0, 0.1) is 18.6 Å². The Morgan fingerprint density at radius 3 is 2.55 bits per heavy atom. The van der Waals surface area contributed by atoms with Gasteiger partial charge in [-0.25, -0.2) is 8.78 Å². The molecule has 0 bridgehead atoms. The standard InChI is InChI=1S/C14H9BrClF2NO/c1-7-4-8(2-3-10(7)16)14(20)19-13-6-11(17)9(15)5-12(13)18/h2-6H,1H3,(H,19,20). The van der Waals surface area contributed by atoms with Gasteiger partial charge in [0.1, 0.15) is 11.6 Å². The highest BCUT2D eigenvalue weighted by Gasteiger charge is 2.13. The average Bonchev–Trinajstić information content (AvgIpc) is 2.39. The number of carbonyl (C=O) groups excluding carboxylic acids is 1. The first-order chi connectivity index (χ1) is 9.38. The molecule has 0 aliphatic heterocycles. The van der Waals surface area contributed by atoms with Gasteiger partial charge < -0.3 is 5.32 Å². The van der Waals surface area contributed by atoms with E-state index in [1.165, 1.54) is 6.07 Å². The second-order valence-corrected chi connectivity index (χ2v) is 5.43. The van der Waals surface area contributed by atoms with E-state index in [2.05, 4.69) is 21.2 Å². The molecule has 104 valence electrons. The lowest BCUT2D eigenvalue weighted by Crippen LogP contribution is -2.13. The molecule has 2 aromatic rings. The van der Waals surface area contributed by atoms with Gasteiger partial charge in [0.2, 0.25) is 0 Å². The normalized spacial score (nSPS) is 10.4. The van der Waals surface area contributed by atoms with Gasteiger partial charge in [0, 0.05) is 16.7 Å². The molecule has 0 fully saturated rings. The SMILES string of the molecule is Cc1cc(C(=O)Nc2cc(F)c(Br)cc2F)ccc1Cl. The van der Waals surface area contributed by atoms with Crippen molar-refractivity contribution in [2.24, 2.45) is 0 Å². The van der Waals surface area contributed by atoms with Crippen molar-refractivity contribution in [1.29, 1.82) is 0 Å². The van der Waals surface area contributed by atoms with Crippen LogP contribution in [-0.4, -0.2) is 5.91 Å². The van der Waals surface area contributed by atoms with Crippen molar-refractivity contribution in [3.63, 3.8) is 0 Å². The number of benzene rings is 2. The zero-order valence-corrected chi connectivity index (χ0v) is 12.6. The Kier molecular flexibility index (Phi) is 4.40. The van der Waals surface area contributed by atoms with Gasteiger partial charge in [0.15, 0.2) is 0 Å². The monoisotopic (exact) mass is 359 g/mol. The predicted molar refractivity (Wildman–Crippen MR) is 78.2 cm³/mol. The lowest BCUT2D eigenvalue weighted by atomic mass is 10.1. The minimum absolute atomic E-state index is 0.00432. The van der Waals surface area contributed by atoms with Gasteiger partial charge in [0.05, 0.1) is 10.2 Å². The first-order valence-corrected chi connectivity index (χ1v) is 6.77. The largest absolute Gasteiger partial charge is 0.319 e. The van der Waals surface area contributed by atoms with E-state index in [1.54, 1.807) is 19.1 Å². The Bertz CT molecular complexity index is 691. The number of halogens is 4. The number of carbonyl (C=O) groups is 1. The number of hydrogen-bond acceptors (Lipinski definition) is 1. The van der Waals surface area contributed by atoms with Crippen molar-refractivity contribution >= 4 is 39.1 Å². The van der Waals surface area contributed by atoms with Gasteiger partial charge in [0.25, 0.3) is 5.91 Å². The topological polar surface area (TPSA) is 29.1 Å². The van der Waals surface area contributed by atoms with E-state index in [0.717, 1.165) is 17.7 Å². The van der Waals surface area contributed by atoms with Crippen molar-refractivity contribution in [3.05, 3.63) is 62.6 Å². The summed E-state index contributed by atoms with van der Waals surface area (Å²) in [5.41, 5.74) is 0.819. The van der Waals surface area contributed by atoms with E-state index in [1.807, 2.05) is 0 Å². The van der Waals surface area contributed by atoms with E-state index in [0.29, 0.717) is 10.6 Å². The summed E-state index contributed by atoms with van der Waals surface area (Å²) >= 11 is 8.73. The minimum Gasteiger partial charge on any atom is -0.319 e. The maximum atomic E-state index is 13.6. The molecule has 2 nitrogen and oxygen atoms in total. The summed E-state index contributed by atoms with van der Waals surface area (Å²) in [6.45, 7) is 1.75. The van der Waals surface area contributed by atoms with Crippen LogP contribution < -0.4 is 5.32 Å². The van der Waals surface area contributed by atoms with Crippen molar-refractivity contribution in [3.8, 4) is 0 Å². The molecule has 0 spiro atoms. The van der Waals surface area contributed by atoms with Gasteiger partial charge in [-0.05, 0) is 52.7 Å². The first-order valence-electron chi connectivity index (χ1n) is 5.60. The van der Waals surface area contributed by atoms with Gasteiger partial charge in [-0.15, -0.1) is 0 Å². The predicted octanol–water partition coefficient (Wildman–Crippen LogP) is 4.94. The smallest absolute Gasteiger partial charge is 0.255 e. The highest BCUT2D eigenvalue weighted by molar-refractivity contribution is 9.10. The average molecular weight is 361 g/mol. The Morgan fingerprint density at radius 1 is 1.20 bits per heavy atom. The van der Waals surface area contributed by atoms with Crippen LogP contribution in [0.15, 0.2) is 34.8 Å². The summed E-state index contributed by atoms with van der Waals surface area (Å²) in [5.74, 6) is -1.92. The van der Waals surface area contributed by atoms with E-state index in [4.69, 9.17) is 11.6 Å². The maximum absolute atomic E-state index is 13.6. The Hall–Kier alpha value is -1.46. The van der Waals surface area contributed by atoms with Crippen LogP contribution in [0.5, 0.6) is 0 Å². The first kappa shape index (κ1) is 14.9. The number of amides is 1. The molecule has 0 aliphatic rings. The van der Waals surface area contributed by atoms with Crippen LogP contribution in [0.2, 0.25) is 5.02 Å². The van der Waals surface area contributed by atoms with E-state index in [9.17, 15) is 13.6 Å². The fourth-order valence-electron chi connectivity index (χ4n) is 1.60. The minimum atomic E-state index is -0.725. The molecule has 20 heavy (non-hydrogen) atoms. The van der Waals surface area contributed by atoms with Crippen LogP contribution >= 0.6 is 27.5 Å². The van der Waals surface area contributed by atoms with Crippen LogP contribution in [0.3, 0.4) is 0 Å². The summed E-state index contributed by atoms with van der Waals surface area (Å²) in [7, 11) is 0. The summed E-state index contributed by atoms with van der Waals surface area (Å²) in [4.78, 5) is 12.0. The summed E-state index contributed by atoms with van der Waals surface area (Å²) in [6.07, 6.45) is 0. The van der Waals surface area contributed by atoms with Gasteiger partial charge in [-0.3, -0.25) is 4.79 Å². The fraction of sp³-hybridized carbons (Fsp3) is 0.0714. The van der Waals surface area contributed by atoms with Gasteiger partial charge in [-0.1, -0.05) is 11.6 Å². The molecule has 1 amide bonds. The maximum Gasteiger partial charge on any atom is 0.255 e. The molecule has 0 heterocycles. The van der Waals surface area contributed by atoms with E-state index in [-0.39, 0.29) is 10.2 Å². The van der Waals surface area contributed by atoms with Crippen LogP contribution in [-0.2, 0) is 0 Å². The number of anilines is 1. The molecule has 0 atom stereocenters. The number of rotatable bonds is 2. The van der Waals surface area contributed by atoms with Crippen LogP contribution in [0.1, 0.15) is 15.9 Å². The van der Waals surface area contributed by atoms with E-state index < -0.39 is 17.5 Å². The molecule has 0 aliphatic carbocycles. The molecule has 0 saturated heterocycles. The highest BCUT2D eigenvalue weighted by Crippen LogP contribution is 2.24. The second kappa shape index (κ2) is 5.89. The van der Waals surface area contributed by atoms with Crippen molar-refractivity contribution < 1.29 is 13.6 Å². The zero-order chi connectivity index (χ0) is 14.9. The lowest BCUT2D eigenvalue weighted by Gasteiger charge is -2.08. The second-order valence-electron chi connectivity index (χ2n) is 4.16. The number of hydrogen-bond donors (Lipinski definition) is 1.